The Labute approximate surface area is 109 Å². The van der Waals surface area contributed by atoms with Gasteiger partial charge in [0.2, 0.25) is 0 Å². The van der Waals surface area contributed by atoms with Crippen molar-refractivity contribution in [1.29, 1.82) is 0 Å². The highest BCUT2D eigenvalue weighted by atomic mass is 19.4. The summed E-state index contributed by atoms with van der Waals surface area (Å²) in [6, 6.07) is 4.95. The van der Waals surface area contributed by atoms with Gasteiger partial charge in [0.15, 0.2) is 0 Å². The predicted molar refractivity (Wildman–Crippen MR) is 64.4 cm³/mol. The Morgan fingerprint density at radius 1 is 1.26 bits per heavy atom. The molecule has 0 saturated carbocycles. The van der Waals surface area contributed by atoms with E-state index in [1.165, 1.54) is 12.1 Å². The average molecular weight is 279 g/mol. The zero-order chi connectivity index (χ0) is 14.6. The molecule has 2 N–H and O–H groups in total. The summed E-state index contributed by atoms with van der Waals surface area (Å²) in [5, 5.41) is 0. The molecular formula is C13H17F4NO. The van der Waals surface area contributed by atoms with Crippen LogP contribution in [-0.4, -0.2) is 12.9 Å². The van der Waals surface area contributed by atoms with Gasteiger partial charge in [-0.3, -0.25) is 0 Å². The third-order valence-corrected chi connectivity index (χ3v) is 2.91. The quantitative estimate of drug-likeness (QED) is 0.831. The zero-order valence-corrected chi connectivity index (χ0v) is 10.7. The van der Waals surface area contributed by atoms with Gasteiger partial charge in [0.05, 0.1) is 0 Å². The third kappa shape index (κ3) is 4.70. The van der Waals surface area contributed by atoms with E-state index in [0.29, 0.717) is 0 Å². The Bertz CT molecular complexity index is 406. The van der Waals surface area contributed by atoms with Crippen molar-refractivity contribution in [2.24, 2.45) is 17.6 Å². The van der Waals surface area contributed by atoms with E-state index in [0.717, 1.165) is 12.1 Å². The van der Waals surface area contributed by atoms with Gasteiger partial charge in [0.1, 0.15) is 11.9 Å². The van der Waals surface area contributed by atoms with Crippen molar-refractivity contribution in [3.05, 3.63) is 29.8 Å². The first-order chi connectivity index (χ1) is 8.74. The van der Waals surface area contributed by atoms with Crippen molar-refractivity contribution < 1.29 is 22.3 Å². The Morgan fingerprint density at radius 3 is 2.37 bits per heavy atom. The second-order valence-corrected chi connectivity index (χ2v) is 4.67. The Balaban J connectivity index is 2.92. The number of rotatable bonds is 5. The van der Waals surface area contributed by atoms with Gasteiger partial charge in [0, 0.05) is 5.92 Å². The molecule has 0 radical (unpaired) electrons. The van der Waals surface area contributed by atoms with E-state index in [2.05, 4.69) is 4.74 Å². The van der Waals surface area contributed by atoms with Crippen molar-refractivity contribution in [2.75, 3.05) is 6.54 Å². The highest BCUT2D eigenvalue weighted by Crippen LogP contribution is 2.33. The number of hydrogen-bond donors (Lipinski definition) is 1. The molecule has 0 fully saturated rings. The molecule has 0 aliphatic rings. The second-order valence-electron chi connectivity index (χ2n) is 4.67. The lowest BCUT2D eigenvalue weighted by molar-refractivity contribution is -0.274. The van der Waals surface area contributed by atoms with Gasteiger partial charge in [-0.15, -0.1) is 13.2 Å². The normalized spacial score (nSPS) is 15.4. The molecule has 2 unspecified atom stereocenters. The molecule has 0 amide bonds. The first kappa shape index (κ1) is 15.8. The molecule has 108 valence electrons. The van der Waals surface area contributed by atoms with Crippen LogP contribution in [0, 0.1) is 11.8 Å². The van der Waals surface area contributed by atoms with Gasteiger partial charge in [-0.1, -0.05) is 26.0 Å². The van der Waals surface area contributed by atoms with Crippen LogP contribution in [0.4, 0.5) is 17.6 Å². The zero-order valence-electron chi connectivity index (χ0n) is 10.7. The fourth-order valence-corrected chi connectivity index (χ4v) is 1.86. The van der Waals surface area contributed by atoms with Gasteiger partial charge < -0.3 is 10.5 Å². The number of ether oxygens (including phenoxy) is 1. The summed E-state index contributed by atoms with van der Waals surface area (Å²) in [5.41, 5.74) is 5.64. The Kier molecular flexibility index (Phi) is 5.17. The predicted octanol–water partition coefficient (Wildman–Crippen LogP) is 3.83. The minimum Gasteiger partial charge on any atom is -0.406 e. The van der Waals surface area contributed by atoms with Gasteiger partial charge in [-0.2, -0.15) is 0 Å². The van der Waals surface area contributed by atoms with Crippen LogP contribution in [0.5, 0.6) is 5.75 Å². The second kappa shape index (κ2) is 6.23. The molecule has 2 atom stereocenters. The molecule has 6 heteroatoms. The smallest absolute Gasteiger partial charge is 0.406 e. The SMILES string of the molecule is CC(C)C(CN)C(F)c1cccc(OC(F)(F)F)c1. The van der Waals surface area contributed by atoms with E-state index in [1.54, 1.807) is 0 Å². The lowest BCUT2D eigenvalue weighted by atomic mass is 9.87. The summed E-state index contributed by atoms with van der Waals surface area (Å²) < 4.78 is 54.3. The van der Waals surface area contributed by atoms with Crippen LogP contribution < -0.4 is 10.5 Å². The lowest BCUT2D eigenvalue weighted by Gasteiger charge is -2.23. The van der Waals surface area contributed by atoms with Crippen molar-refractivity contribution in [1.82, 2.24) is 0 Å². The molecule has 0 bridgehead atoms. The molecule has 0 spiro atoms. The fourth-order valence-electron chi connectivity index (χ4n) is 1.86. The van der Waals surface area contributed by atoms with E-state index in [4.69, 9.17) is 5.73 Å². The third-order valence-electron chi connectivity index (χ3n) is 2.91. The van der Waals surface area contributed by atoms with E-state index in [-0.39, 0.29) is 18.0 Å². The molecule has 19 heavy (non-hydrogen) atoms. The lowest BCUT2D eigenvalue weighted by Crippen LogP contribution is -2.24. The summed E-state index contributed by atoms with van der Waals surface area (Å²) >= 11 is 0. The maximum absolute atomic E-state index is 14.2. The Morgan fingerprint density at radius 2 is 1.89 bits per heavy atom. The maximum atomic E-state index is 14.2. The summed E-state index contributed by atoms with van der Waals surface area (Å²) in [6.07, 6.45) is -6.20. The summed E-state index contributed by atoms with van der Waals surface area (Å²) in [4.78, 5) is 0. The van der Waals surface area contributed by atoms with E-state index < -0.39 is 24.2 Å². The van der Waals surface area contributed by atoms with Gasteiger partial charge in [-0.25, -0.2) is 4.39 Å². The molecule has 0 aliphatic carbocycles. The van der Waals surface area contributed by atoms with Crippen LogP contribution in [0.3, 0.4) is 0 Å². The van der Waals surface area contributed by atoms with Gasteiger partial charge in [0.25, 0.3) is 0 Å². The number of hydrogen-bond acceptors (Lipinski definition) is 2. The standard InChI is InChI=1S/C13H17F4NO/c1-8(2)11(7-18)12(14)9-4-3-5-10(6-9)19-13(15,16)17/h3-6,8,11-12H,7,18H2,1-2H3. The maximum Gasteiger partial charge on any atom is 0.573 e. The van der Waals surface area contributed by atoms with Crippen LogP contribution in [0.15, 0.2) is 24.3 Å². The Hall–Kier alpha value is -1.30. The van der Waals surface area contributed by atoms with Gasteiger partial charge >= 0.3 is 6.36 Å². The number of nitrogens with two attached hydrogens (primary N) is 1. The van der Waals surface area contributed by atoms with E-state index in [9.17, 15) is 17.6 Å². The van der Waals surface area contributed by atoms with E-state index in [1.807, 2.05) is 13.8 Å². The molecule has 0 heterocycles. The van der Waals surface area contributed by atoms with Crippen molar-refractivity contribution >= 4 is 0 Å². The molecular weight excluding hydrogens is 262 g/mol. The largest absolute Gasteiger partial charge is 0.573 e. The molecule has 0 aliphatic heterocycles. The summed E-state index contributed by atoms with van der Waals surface area (Å²) in [7, 11) is 0. The van der Waals surface area contributed by atoms with Crippen LogP contribution in [0.1, 0.15) is 25.6 Å². The highest BCUT2D eigenvalue weighted by molar-refractivity contribution is 5.30. The van der Waals surface area contributed by atoms with Crippen molar-refractivity contribution in [3.8, 4) is 5.75 Å². The number of halogens is 4. The highest BCUT2D eigenvalue weighted by Gasteiger charge is 2.32. The van der Waals surface area contributed by atoms with Crippen LogP contribution >= 0.6 is 0 Å². The minimum absolute atomic E-state index is 0.00723. The molecule has 1 aromatic carbocycles. The van der Waals surface area contributed by atoms with E-state index >= 15 is 0 Å². The summed E-state index contributed by atoms with van der Waals surface area (Å²) in [6.45, 7) is 3.77. The fraction of sp³-hybridized carbons (Fsp3) is 0.538. The topological polar surface area (TPSA) is 35.2 Å². The van der Waals surface area contributed by atoms with Crippen LogP contribution in [0.2, 0.25) is 0 Å². The number of benzene rings is 1. The monoisotopic (exact) mass is 279 g/mol. The first-order valence-corrected chi connectivity index (χ1v) is 5.94. The van der Waals surface area contributed by atoms with Crippen molar-refractivity contribution in [3.63, 3.8) is 0 Å². The first-order valence-electron chi connectivity index (χ1n) is 5.94. The van der Waals surface area contributed by atoms with Crippen LogP contribution in [-0.2, 0) is 0 Å². The average Bonchev–Trinajstić information content (AvgIpc) is 2.27. The summed E-state index contributed by atoms with van der Waals surface area (Å²) in [5.74, 6) is -0.875. The number of alkyl halides is 4. The molecule has 0 aromatic heterocycles. The molecule has 1 rings (SSSR count). The molecule has 0 saturated heterocycles. The molecule has 2 nitrogen and oxygen atoms in total. The van der Waals surface area contributed by atoms with Crippen LogP contribution in [0.25, 0.3) is 0 Å². The molecule has 1 aromatic rings. The van der Waals surface area contributed by atoms with Crippen molar-refractivity contribution in [2.45, 2.75) is 26.4 Å². The van der Waals surface area contributed by atoms with Gasteiger partial charge in [-0.05, 0) is 30.2 Å². The minimum atomic E-state index is -4.78.